The van der Waals surface area contributed by atoms with E-state index in [0.29, 0.717) is 25.7 Å². The van der Waals surface area contributed by atoms with E-state index < -0.39 is 97.5 Å². The average molecular weight is 1370 g/mol. The predicted molar refractivity (Wildman–Crippen MR) is 377 cm³/mol. The number of phosphoric ester groups is 2. The lowest BCUT2D eigenvalue weighted by atomic mass is 10.0. The van der Waals surface area contributed by atoms with E-state index in [0.717, 1.165) is 95.8 Å². The van der Waals surface area contributed by atoms with Crippen molar-refractivity contribution in [1.29, 1.82) is 0 Å². The van der Waals surface area contributed by atoms with Gasteiger partial charge in [-0.1, -0.05) is 336 Å². The third kappa shape index (κ3) is 68.4. The van der Waals surface area contributed by atoms with E-state index in [9.17, 15) is 43.2 Å². The molecule has 0 aliphatic heterocycles. The Hall–Kier alpha value is -1.94. The van der Waals surface area contributed by atoms with Gasteiger partial charge in [0.25, 0.3) is 0 Å². The highest BCUT2D eigenvalue weighted by atomic mass is 31.2. The summed E-state index contributed by atoms with van der Waals surface area (Å²) in [5, 5.41) is 10.6. The van der Waals surface area contributed by atoms with E-state index in [2.05, 4.69) is 34.6 Å². The van der Waals surface area contributed by atoms with Gasteiger partial charge in [-0.2, -0.15) is 0 Å². The Bertz CT molecular complexity index is 1790. The molecular formula is C74H144O17P2. The molecule has 0 aromatic carbocycles. The van der Waals surface area contributed by atoms with Gasteiger partial charge in [-0.3, -0.25) is 37.3 Å². The molecule has 0 aliphatic carbocycles. The lowest BCUT2D eigenvalue weighted by Gasteiger charge is -2.21. The van der Waals surface area contributed by atoms with E-state index in [1.807, 2.05) is 0 Å². The summed E-state index contributed by atoms with van der Waals surface area (Å²) in [6.45, 7) is 7.26. The van der Waals surface area contributed by atoms with Crippen LogP contribution in [0.3, 0.4) is 0 Å². The second-order valence-corrected chi connectivity index (χ2v) is 30.1. The summed E-state index contributed by atoms with van der Waals surface area (Å²) in [6, 6.07) is 0. The summed E-state index contributed by atoms with van der Waals surface area (Å²) < 4.78 is 68.5. The van der Waals surface area contributed by atoms with Crippen LogP contribution < -0.4 is 0 Å². The maximum atomic E-state index is 13.1. The van der Waals surface area contributed by atoms with Crippen molar-refractivity contribution < 1.29 is 80.2 Å². The Morgan fingerprint density at radius 2 is 0.495 bits per heavy atom. The number of unbranched alkanes of at least 4 members (excludes halogenated alkanes) is 46. The molecule has 3 N–H and O–H groups in total. The van der Waals surface area contributed by atoms with Gasteiger partial charge in [0.1, 0.15) is 19.3 Å². The topological polar surface area (TPSA) is 237 Å². The van der Waals surface area contributed by atoms with Crippen LogP contribution in [-0.4, -0.2) is 96.7 Å². The molecule has 17 nitrogen and oxygen atoms in total. The van der Waals surface area contributed by atoms with Gasteiger partial charge in [0.2, 0.25) is 0 Å². The second-order valence-electron chi connectivity index (χ2n) is 27.2. The fourth-order valence-electron chi connectivity index (χ4n) is 11.4. The van der Waals surface area contributed by atoms with Crippen molar-refractivity contribution in [2.24, 2.45) is 5.92 Å². The first-order valence-electron chi connectivity index (χ1n) is 38.6. The van der Waals surface area contributed by atoms with Gasteiger partial charge in [0.05, 0.1) is 26.4 Å². The highest BCUT2D eigenvalue weighted by Crippen LogP contribution is 2.45. The summed E-state index contributed by atoms with van der Waals surface area (Å²) in [4.78, 5) is 72.7. The first kappa shape index (κ1) is 91.1. The molecule has 0 heterocycles. The molecule has 0 aromatic heterocycles. The highest BCUT2D eigenvalue weighted by Gasteiger charge is 2.30. The number of esters is 4. The summed E-state index contributed by atoms with van der Waals surface area (Å²) in [5.74, 6) is -1.38. The Morgan fingerprint density at radius 1 is 0.290 bits per heavy atom. The summed E-state index contributed by atoms with van der Waals surface area (Å²) in [7, 11) is -9.91. The molecule has 552 valence electrons. The molecule has 0 saturated heterocycles. The molecule has 5 atom stereocenters. The van der Waals surface area contributed by atoms with E-state index in [4.69, 9.17) is 37.0 Å². The first-order chi connectivity index (χ1) is 45.0. The summed E-state index contributed by atoms with van der Waals surface area (Å²) in [5.41, 5.74) is 0. The van der Waals surface area contributed by atoms with Crippen molar-refractivity contribution >= 4 is 39.5 Å². The van der Waals surface area contributed by atoms with Crippen LogP contribution in [0.4, 0.5) is 0 Å². The van der Waals surface area contributed by atoms with Crippen LogP contribution in [0.2, 0.25) is 0 Å². The minimum atomic E-state index is -4.95. The highest BCUT2D eigenvalue weighted by molar-refractivity contribution is 7.47. The number of ether oxygens (including phenoxy) is 4. The Morgan fingerprint density at radius 3 is 0.731 bits per heavy atom. The number of phosphoric acid groups is 2. The van der Waals surface area contributed by atoms with Crippen LogP contribution in [0.15, 0.2) is 0 Å². The van der Waals surface area contributed by atoms with Gasteiger partial charge in [-0.15, -0.1) is 0 Å². The second kappa shape index (κ2) is 67.3. The van der Waals surface area contributed by atoms with Gasteiger partial charge in [0.15, 0.2) is 12.2 Å². The smallest absolute Gasteiger partial charge is 0.462 e. The fourth-order valence-corrected chi connectivity index (χ4v) is 12.9. The zero-order valence-corrected chi connectivity index (χ0v) is 62.2. The molecule has 0 aliphatic rings. The summed E-state index contributed by atoms with van der Waals surface area (Å²) >= 11 is 0. The van der Waals surface area contributed by atoms with Gasteiger partial charge >= 0.3 is 39.5 Å². The van der Waals surface area contributed by atoms with Crippen molar-refractivity contribution in [3.05, 3.63) is 0 Å². The first-order valence-corrected chi connectivity index (χ1v) is 41.6. The number of aliphatic hydroxyl groups is 1. The average Bonchev–Trinajstić information content (AvgIpc) is 1.68. The minimum Gasteiger partial charge on any atom is -0.462 e. The molecule has 0 spiro atoms. The number of rotatable bonds is 74. The third-order valence-electron chi connectivity index (χ3n) is 17.3. The van der Waals surface area contributed by atoms with Crippen LogP contribution >= 0.6 is 15.6 Å². The zero-order valence-electron chi connectivity index (χ0n) is 60.4. The van der Waals surface area contributed by atoms with Crippen molar-refractivity contribution in [3.63, 3.8) is 0 Å². The Balaban J connectivity index is 5.25. The van der Waals surface area contributed by atoms with Gasteiger partial charge in [-0.25, -0.2) is 9.13 Å². The normalized spacial score (nSPS) is 14.0. The fraction of sp³-hybridized carbons (Fsp3) is 0.946. The largest absolute Gasteiger partial charge is 0.472 e. The number of aliphatic hydroxyl groups excluding tert-OH is 1. The zero-order chi connectivity index (χ0) is 68.4. The van der Waals surface area contributed by atoms with Crippen LogP contribution in [0.25, 0.3) is 0 Å². The predicted octanol–water partition coefficient (Wildman–Crippen LogP) is 21.7. The molecule has 0 rings (SSSR count). The monoisotopic (exact) mass is 1370 g/mol. The van der Waals surface area contributed by atoms with Crippen molar-refractivity contribution in [1.82, 2.24) is 0 Å². The molecule has 0 saturated carbocycles. The minimum absolute atomic E-state index is 0.106. The van der Waals surface area contributed by atoms with Crippen LogP contribution in [-0.2, 0) is 65.4 Å². The molecular weight excluding hydrogens is 1220 g/mol. The SMILES string of the molecule is CCCCCCCCCCCCCCCCCCC(=O)O[C@H](COC(=O)CCCCCCCCCCCCCCC)COP(=O)(O)OC[C@@H](O)COP(=O)(O)OC[C@@H](COC(=O)CCCCCCCCCCCCCC)OC(=O)CCCCCCCCCCCC(C)C. The third-order valence-corrected chi connectivity index (χ3v) is 19.2. The molecule has 93 heavy (non-hydrogen) atoms. The van der Waals surface area contributed by atoms with E-state index in [-0.39, 0.29) is 25.7 Å². The summed E-state index contributed by atoms with van der Waals surface area (Å²) in [6.07, 6.45) is 55.3. The number of hydrogen-bond acceptors (Lipinski definition) is 15. The lowest BCUT2D eigenvalue weighted by Crippen LogP contribution is -2.30. The van der Waals surface area contributed by atoms with Gasteiger partial charge in [0, 0.05) is 25.7 Å². The van der Waals surface area contributed by atoms with Crippen LogP contribution in [0.1, 0.15) is 388 Å². The van der Waals surface area contributed by atoms with Crippen molar-refractivity contribution in [2.45, 2.75) is 406 Å². The lowest BCUT2D eigenvalue weighted by molar-refractivity contribution is -0.161. The molecule has 19 heteroatoms. The van der Waals surface area contributed by atoms with E-state index in [1.165, 1.54) is 212 Å². The van der Waals surface area contributed by atoms with Crippen molar-refractivity contribution in [2.75, 3.05) is 39.6 Å². The molecule has 2 unspecified atom stereocenters. The quantitative estimate of drug-likeness (QED) is 0.0222. The number of carbonyl (C=O) groups is 4. The molecule has 0 aromatic rings. The molecule has 0 bridgehead atoms. The van der Waals surface area contributed by atoms with E-state index >= 15 is 0 Å². The molecule has 0 radical (unpaired) electrons. The van der Waals surface area contributed by atoms with Gasteiger partial charge in [-0.05, 0) is 31.6 Å². The van der Waals surface area contributed by atoms with Gasteiger partial charge < -0.3 is 33.8 Å². The number of hydrogen-bond donors (Lipinski definition) is 3. The molecule has 0 fully saturated rings. The van der Waals surface area contributed by atoms with E-state index in [1.54, 1.807) is 0 Å². The maximum Gasteiger partial charge on any atom is 0.472 e. The Labute approximate surface area is 568 Å². The number of carbonyl (C=O) groups excluding carboxylic acids is 4. The molecule has 0 amide bonds. The van der Waals surface area contributed by atoms with Crippen molar-refractivity contribution in [3.8, 4) is 0 Å². The standard InChI is InChI=1S/C74H144O17P2/c1-6-9-12-15-18-21-24-27-28-29-31-34-39-44-49-54-59-73(78)90-69(63-85-72(77)58-53-48-43-38-33-30-25-22-19-16-13-10-7-2)65-88-92(80,81)86-61-68(75)62-87-93(82,83)89-66-70(91-74(79)60-55-50-45-40-35-36-41-46-51-56-67(4)5)64-84-71(76)57-52-47-42-37-32-26-23-20-17-14-11-8-3/h67-70,75H,6-66H2,1-5H3,(H,80,81)(H,82,83)/t68-,69-,70-/m1/s1. The van der Waals surface area contributed by atoms with Crippen LogP contribution in [0.5, 0.6) is 0 Å². The maximum absolute atomic E-state index is 13.1. The van der Waals surface area contributed by atoms with Crippen LogP contribution in [0, 0.1) is 5.92 Å². The Kier molecular flexibility index (Phi) is 65.9.